The number of hydrogen-bond donors (Lipinski definition) is 0. The average Bonchev–Trinajstić information content (AvgIpc) is 2.14. The quantitative estimate of drug-likeness (QED) is 0.656. The highest BCUT2D eigenvalue weighted by Crippen LogP contribution is 2.41. The molecule has 0 saturated heterocycles. The molecule has 0 aromatic heterocycles. The van der Waals surface area contributed by atoms with E-state index in [2.05, 4.69) is 0 Å². The topological polar surface area (TPSA) is 37.4 Å². The molecule has 1 atom stereocenters. The first-order valence-corrected chi connectivity index (χ1v) is 5.27. The van der Waals surface area contributed by atoms with Gasteiger partial charge in [-0.3, -0.25) is 9.59 Å². The van der Waals surface area contributed by atoms with E-state index in [0.717, 1.165) is 6.41 Å². The van der Waals surface area contributed by atoms with Crippen molar-refractivity contribution in [2.75, 3.05) is 7.05 Å². The molecule has 0 spiro atoms. The lowest BCUT2D eigenvalue weighted by Crippen LogP contribution is -2.55. The van der Waals surface area contributed by atoms with Crippen LogP contribution in [0.25, 0.3) is 0 Å². The van der Waals surface area contributed by atoms with Gasteiger partial charge in [-0.25, -0.2) is 0 Å². The summed E-state index contributed by atoms with van der Waals surface area (Å²) < 4.78 is 0. The fourth-order valence-electron chi connectivity index (χ4n) is 1.62. The zero-order valence-electron chi connectivity index (χ0n) is 10.9. The maximum Gasteiger partial charge on any atom is 0.209 e. The van der Waals surface area contributed by atoms with Gasteiger partial charge in [0.2, 0.25) is 6.41 Å². The van der Waals surface area contributed by atoms with Gasteiger partial charge in [0.25, 0.3) is 0 Å². The molecule has 0 aromatic carbocycles. The Morgan fingerprint density at radius 2 is 1.67 bits per heavy atom. The fraction of sp³-hybridized carbons (Fsp3) is 0.833. The van der Waals surface area contributed by atoms with Gasteiger partial charge >= 0.3 is 0 Å². The number of Topliss-reactive ketones (excluding diaryl/α,β-unsaturated/α-hetero) is 1. The molecule has 0 aromatic rings. The van der Waals surface area contributed by atoms with Crippen molar-refractivity contribution in [1.82, 2.24) is 4.90 Å². The van der Waals surface area contributed by atoms with Crippen LogP contribution >= 0.6 is 0 Å². The molecule has 0 aliphatic heterocycles. The number of ketones is 1. The van der Waals surface area contributed by atoms with Gasteiger partial charge in [-0.15, -0.1) is 0 Å². The second-order valence-electron chi connectivity index (χ2n) is 5.33. The molecular formula is C12H23NO2. The maximum atomic E-state index is 11.4. The van der Waals surface area contributed by atoms with Crippen LogP contribution in [0.1, 0.15) is 41.5 Å². The number of amides is 1. The third-order valence-corrected chi connectivity index (χ3v) is 4.31. The molecule has 1 unspecified atom stereocenters. The van der Waals surface area contributed by atoms with E-state index in [0.29, 0.717) is 0 Å². The average molecular weight is 213 g/mol. The molecule has 0 aliphatic rings. The van der Waals surface area contributed by atoms with Gasteiger partial charge in [0.1, 0.15) is 5.78 Å². The summed E-state index contributed by atoms with van der Waals surface area (Å²) >= 11 is 0. The summed E-state index contributed by atoms with van der Waals surface area (Å²) in [5, 5.41) is 0. The molecule has 0 heterocycles. The summed E-state index contributed by atoms with van der Waals surface area (Å²) in [6.07, 6.45) is 0.814. The number of rotatable bonds is 5. The monoisotopic (exact) mass is 213 g/mol. The molecule has 1 amide bonds. The highest BCUT2D eigenvalue weighted by atomic mass is 16.1. The Hall–Kier alpha value is -0.860. The molecule has 3 nitrogen and oxygen atoms in total. The second-order valence-corrected chi connectivity index (χ2v) is 5.33. The molecule has 0 bridgehead atoms. The first kappa shape index (κ1) is 14.1. The molecule has 0 rings (SSSR count). The Bertz CT molecular complexity index is 256. The molecule has 0 aliphatic carbocycles. The Morgan fingerprint density at radius 3 is 1.93 bits per heavy atom. The minimum Gasteiger partial charge on any atom is -0.343 e. The summed E-state index contributed by atoms with van der Waals surface area (Å²) in [6.45, 7) is 11.5. The lowest BCUT2D eigenvalue weighted by molar-refractivity contribution is -0.134. The van der Waals surface area contributed by atoms with Gasteiger partial charge in [0, 0.05) is 18.5 Å². The van der Waals surface area contributed by atoms with Gasteiger partial charge < -0.3 is 4.90 Å². The second kappa shape index (κ2) is 4.33. The largest absolute Gasteiger partial charge is 0.343 e. The molecule has 3 heteroatoms. The van der Waals surface area contributed by atoms with E-state index in [4.69, 9.17) is 0 Å². The normalized spacial score (nSPS) is 14.6. The number of carbonyl (C=O) groups is 2. The van der Waals surface area contributed by atoms with Gasteiger partial charge in [-0.05, 0) is 26.2 Å². The Kier molecular flexibility index (Phi) is 4.08. The van der Waals surface area contributed by atoms with E-state index in [-0.39, 0.29) is 22.7 Å². The Labute approximate surface area is 92.8 Å². The van der Waals surface area contributed by atoms with E-state index in [9.17, 15) is 9.59 Å². The number of hydrogen-bond acceptors (Lipinski definition) is 2. The molecule has 0 saturated carbocycles. The number of nitrogens with zero attached hydrogens (tertiary/aromatic N) is 1. The minimum absolute atomic E-state index is 0.0742. The van der Waals surface area contributed by atoms with Crippen LogP contribution in [0, 0.1) is 11.3 Å². The van der Waals surface area contributed by atoms with Gasteiger partial charge in [0.05, 0.1) is 0 Å². The zero-order chi connectivity index (χ0) is 12.4. The lowest BCUT2D eigenvalue weighted by atomic mass is 9.65. The van der Waals surface area contributed by atoms with Crippen molar-refractivity contribution < 1.29 is 9.59 Å². The van der Waals surface area contributed by atoms with Crippen LogP contribution in [0.3, 0.4) is 0 Å². The van der Waals surface area contributed by atoms with E-state index >= 15 is 0 Å². The van der Waals surface area contributed by atoms with E-state index in [1.165, 1.54) is 0 Å². The Balaban J connectivity index is 5.16. The summed E-state index contributed by atoms with van der Waals surface area (Å²) in [5.41, 5.74) is -0.603. The Morgan fingerprint density at radius 1 is 1.27 bits per heavy atom. The zero-order valence-corrected chi connectivity index (χ0v) is 10.9. The first-order chi connectivity index (χ1) is 6.59. The van der Waals surface area contributed by atoms with Crippen molar-refractivity contribution in [1.29, 1.82) is 0 Å². The molecule has 0 N–H and O–H groups in total. The first-order valence-electron chi connectivity index (χ1n) is 5.27. The van der Waals surface area contributed by atoms with Crippen molar-refractivity contribution >= 4 is 12.2 Å². The van der Waals surface area contributed by atoms with Crippen molar-refractivity contribution in [3.63, 3.8) is 0 Å². The summed E-state index contributed by atoms with van der Waals surface area (Å²) in [6, 6.07) is 0. The standard InChI is InChI=1S/C12H23NO2/c1-9(10(2)15)11(3,4)12(5,6)13(7)8-14/h8-9H,1-7H3. The SMILES string of the molecule is CC(=O)C(C)C(C)(C)C(C)(C)N(C)C=O. The van der Waals surface area contributed by atoms with Gasteiger partial charge in [-0.2, -0.15) is 0 Å². The van der Waals surface area contributed by atoms with Gasteiger partial charge in [0.15, 0.2) is 0 Å². The minimum atomic E-state index is -0.347. The lowest BCUT2D eigenvalue weighted by Gasteiger charge is -2.49. The summed E-state index contributed by atoms with van der Waals surface area (Å²) in [5.74, 6) is 0.0854. The third kappa shape index (κ3) is 2.39. The van der Waals surface area contributed by atoms with E-state index in [1.54, 1.807) is 18.9 Å². The van der Waals surface area contributed by atoms with Crippen molar-refractivity contribution in [3.05, 3.63) is 0 Å². The summed E-state index contributed by atoms with van der Waals surface area (Å²) in [7, 11) is 1.75. The highest BCUT2D eigenvalue weighted by molar-refractivity contribution is 5.79. The van der Waals surface area contributed by atoms with Crippen molar-refractivity contribution in [2.45, 2.75) is 47.1 Å². The molecular weight excluding hydrogens is 190 g/mol. The smallest absolute Gasteiger partial charge is 0.209 e. The van der Waals surface area contributed by atoms with Crippen molar-refractivity contribution in [2.24, 2.45) is 11.3 Å². The van der Waals surface area contributed by atoms with Crippen LogP contribution < -0.4 is 0 Å². The van der Waals surface area contributed by atoms with Crippen LogP contribution in [0.15, 0.2) is 0 Å². The van der Waals surface area contributed by atoms with Crippen LogP contribution in [0.2, 0.25) is 0 Å². The fourth-order valence-corrected chi connectivity index (χ4v) is 1.62. The van der Waals surface area contributed by atoms with Crippen molar-refractivity contribution in [3.8, 4) is 0 Å². The van der Waals surface area contributed by atoms with Gasteiger partial charge in [-0.1, -0.05) is 20.8 Å². The maximum absolute atomic E-state index is 11.4. The van der Waals surface area contributed by atoms with Crippen LogP contribution in [-0.2, 0) is 9.59 Å². The van der Waals surface area contributed by atoms with Crippen LogP contribution in [0.5, 0.6) is 0 Å². The van der Waals surface area contributed by atoms with Crippen LogP contribution in [-0.4, -0.2) is 29.7 Å². The highest BCUT2D eigenvalue weighted by Gasteiger charge is 2.45. The molecule has 0 fully saturated rings. The molecule has 15 heavy (non-hydrogen) atoms. The van der Waals surface area contributed by atoms with E-state index < -0.39 is 0 Å². The van der Waals surface area contributed by atoms with Crippen LogP contribution in [0.4, 0.5) is 0 Å². The predicted octanol–water partition coefficient (Wildman–Crippen LogP) is 2.10. The predicted molar refractivity (Wildman–Crippen MR) is 61.5 cm³/mol. The molecule has 0 radical (unpaired) electrons. The summed E-state index contributed by atoms with van der Waals surface area (Å²) in [4.78, 5) is 23.9. The molecule has 88 valence electrons. The third-order valence-electron chi connectivity index (χ3n) is 4.31. The van der Waals surface area contributed by atoms with E-state index in [1.807, 2.05) is 34.6 Å². The number of carbonyl (C=O) groups excluding carboxylic acids is 2.